The molecule has 1 aromatic carbocycles. The molecule has 20 heavy (non-hydrogen) atoms. The van der Waals surface area contributed by atoms with Crippen molar-refractivity contribution in [2.75, 3.05) is 7.11 Å². The predicted octanol–water partition coefficient (Wildman–Crippen LogP) is 2.99. The number of aryl methyl sites for hydroxylation is 1. The first kappa shape index (κ1) is 13.1. The van der Waals surface area contributed by atoms with Crippen LogP contribution in [0.4, 0.5) is 0 Å². The summed E-state index contributed by atoms with van der Waals surface area (Å²) in [5.74, 6) is 0.798. The number of imidazole rings is 1. The number of methoxy groups -OCH3 is 1. The van der Waals surface area contributed by atoms with E-state index in [1.54, 1.807) is 18.4 Å². The first-order valence-corrected chi connectivity index (χ1v) is 7.29. The minimum Gasteiger partial charge on any atom is -0.496 e. The van der Waals surface area contributed by atoms with Crippen LogP contribution in [0.25, 0.3) is 4.96 Å². The molecule has 0 saturated heterocycles. The molecule has 0 aliphatic heterocycles. The van der Waals surface area contributed by atoms with E-state index in [2.05, 4.69) is 4.98 Å². The first-order chi connectivity index (χ1) is 9.67. The van der Waals surface area contributed by atoms with Crippen LogP contribution in [0.2, 0.25) is 0 Å². The van der Waals surface area contributed by atoms with Gasteiger partial charge in [-0.05, 0) is 24.1 Å². The molecule has 104 valence electrons. The summed E-state index contributed by atoms with van der Waals surface area (Å²) in [6.07, 6.45) is 3.85. The first-order valence-electron chi connectivity index (χ1n) is 6.41. The van der Waals surface area contributed by atoms with Crippen LogP contribution in [-0.2, 0) is 6.42 Å². The zero-order valence-corrected chi connectivity index (χ0v) is 12.2. The van der Waals surface area contributed by atoms with Gasteiger partial charge in [0.2, 0.25) is 0 Å². The largest absolute Gasteiger partial charge is 0.496 e. The second kappa shape index (κ2) is 5.26. The molecule has 0 amide bonds. The molecule has 0 bridgehead atoms. The fourth-order valence-corrected chi connectivity index (χ4v) is 2.95. The Kier molecular flexibility index (Phi) is 3.46. The second-order valence-corrected chi connectivity index (χ2v) is 5.65. The number of thiazole rings is 1. The summed E-state index contributed by atoms with van der Waals surface area (Å²) in [4.78, 5) is 5.44. The summed E-state index contributed by atoms with van der Waals surface area (Å²) >= 11 is 1.59. The van der Waals surface area contributed by atoms with Crippen LogP contribution in [0.5, 0.6) is 5.75 Å². The van der Waals surface area contributed by atoms with Crippen molar-refractivity contribution < 1.29 is 9.84 Å². The summed E-state index contributed by atoms with van der Waals surface area (Å²) in [5.41, 5.74) is 2.80. The number of aliphatic hydroxyl groups excluding tert-OH is 1. The zero-order chi connectivity index (χ0) is 14.1. The molecule has 1 N–H and O–H groups in total. The van der Waals surface area contributed by atoms with Crippen molar-refractivity contribution in [3.63, 3.8) is 0 Å². The van der Waals surface area contributed by atoms with Gasteiger partial charge in [-0.1, -0.05) is 12.1 Å². The van der Waals surface area contributed by atoms with E-state index in [1.165, 1.54) is 0 Å². The topological polar surface area (TPSA) is 46.8 Å². The number of aromatic nitrogens is 2. The third-order valence-electron chi connectivity index (χ3n) is 3.36. The molecule has 0 fully saturated rings. The van der Waals surface area contributed by atoms with Crippen LogP contribution in [-0.4, -0.2) is 21.6 Å². The number of fused-ring (bicyclic) bond motifs is 1. The lowest BCUT2D eigenvalue weighted by Gasteiger charge is -2.12. The lowest BCUT2D eigenvalue weighted by atomic mass is 10.0. The van der Waals surface area contributed by atoms with E-state index in [0.29, 0.717) is 6.42 Å². The monoisotopic (exact) mass is 288 g/mol. The maximum Gasteiger partial charge on any atom is 0.193 e. The van der Waals surface area contributed by atoms with Crippen molar-refractivity contribution in [2.24, 2.45) is 0 Å². The van der Waals surface area contributed by atoms with Gasteiger partial charge in [0.05, 0.1) is 18.9 Å². The Morgan fingerprint density at radius 3 is 3.05 bits per heavy atom. The maximum atomic E-state index is 10.3. The fraction of sp³-hybridized carbons (Fsp3) is 0.267. The van der Waals surface area contributed by atoms with Crippen LogP contribution in [0.1, 0.15) is 22.9 Å². The van der Waals surface area contributed by atoms with Crippen LogP contribution >= 0.6 is 11.3 Å². The molecule has 2 aromatic heterocycles. The number of hydrogen-bond acceptors (Lipinski definition) is 4. The third kappa shape index (κ3) is 2.42. The highest BCUT2D eigenvalue weighted by molar-refractivity contribution is 7.15. The van der Waals surface area contributed by atoms with Gasteiger partial charge in [0.25, 0.3) is 0 Å². The van der Waals surface area contributed by atoms with Gasteiger partial charge in [-0.25, -0.2) is 4.98 Å². The van der Waals surface area contributed by atoms with Gasteiger partial charge in [-0.15, -0.1) is 11.3 Å². The Morgan fingerprint density at radius 1 is 1.45 bits per heavy atom. The van der Waals surface area contributed by atoms with Crippen molar-refractivity contribution >= 4 is 16.3 Å². The highest BCUT2D eigenvalue weighted by Gasteiger charge is 2.13. The maximum absolute atomic E-state index is 10.3. The van der Waals surface area contributed by atoms with Gasteiger partial charge in [0.15, 0.2) is 4.96 Å². The molecule has 3 rings (SSSR count). The molecule has 0 aliphatic rings. The van der Waals surface area contributed by atoms with Crippen molar-refractivity contribution in [2.45, 2.75) is 19.4 Å². The van der Waals surface area contributed by atoms with Crippen molar-refractivity contribution in [3.8, 4) is 5.75 Å². The Hall–Kier alpha value is -1.85. The summed E-state index contributed by atoms with van der Waals surface area (Å²) < 4.78 is 7.27. The van der Waals surface area contributed by atoms with Crippen LogP contribution in [0.15, 0.2) is 36.0 Å². The summed E-state index contributed by atoms with van der Waals surface area (Å²) in [5, 5.41) is 12.3. The van der Waals surface area contributed by atoms with Crippen LogP contribution < -0.4 is 4.74 Å². The van der Waals surface area contributed by atoms with E-state index in [0.717, 1.165) is 27.5 Å². The molecule has 0 saturated carbocycles. The zero-order valence-electron chi connectivity index (χ0n) is 11.4. The van der Waals surface area contributed by atoms with Crippen molar-refractivity contribution in [3.05, 3.63) is 52.8 Å². The second-order valence-electron chi connectivity index (χ2n) is 4.77. The smallest absolute Gasteiger partial charge is 0.193 e. The van der Waals surface area contributed by atoms with Gasteiger partial charge in [0, 0.05) is 24.2 Å². The van der Waals surface area contributed by atoms with E-state index in [9.17, 15) is 5.11 Å². The third-order valence-corrected chi connectivity index (χ3v) is 4.13. The quantitative estimate of drug-likeness (QED) is 0.803. The summed E-state index contributed by atoms with van der Waals surface area (Å²) in [6.45, 7) is 1.98. The van der Waals surface area contributed by atoms with Gasteiger partial charge < -0.3 is 9.84 Å². The van der Waals surface area contributed by atoms with Crippen molar-refractivity contribution in [1.82, 2.24) is 9.38 Å². The number of hydrogen-bond donors (Lipinski definition) is 1. The van der Waals surface area contributed by atoms with Crippen LogP contribution in [0.3, 0.4) is 0 Å². The predicted molar refractivity (Wildman–Crippen MR) is 79.5 cm³/mol. The Morgan fingerprint density at radius 2 is 2.30 bits per heavy atom. The molecule has 3 aromatic rings. The Bertz CT molecular complexity index is 704. The molecule has 4 nitrogen and oxygen atoms in total. The van der Waals surface area contributed by atoms with E-state index < -0.39 is 6.10 Å². The average molecular weight is 288 g/mol. The van der Waals surface area contributed by atoms with Gasteiger partial charge in [0.1, 0.15) is 5.75 Å². The van der Waals surface area contributed by atoms with Gasteiger partial charge in [-0.2, -0.15) is 0 Å². The molecular weight excluding hydrogens is 272 g/mol. The number of benzene rings is 1. The highest BCUT2D eigenvalue weighted by Crippen LogP contribution is 2.25. The molecule has 0 aliphatic carbocycles. The molecule has 1 unspecified atom stereocenters. The average Bonchev–Trinajstić information content (AvgIpc) is 3.00. The Labute approximate surface area is 121 Å². The molecule has 0 spiro atoms. The van der Waals surface area contributed by atoms with E-state index in [-0.39, 0.29) is 0 Å². The van der Waals surface area contributed by atoms with Gasteiger partial charge >= 0.3 is 0 Å². The molecule has 5 heteroatoms. The fourth-order valence-electron chi connectivity index (χ4n) is 2.23. The number of nitrogens with zero attached hydrogens (tertiary/aromatic N) is 2. The van der Waals surface area contributed by atoms with E-state index in [4.69, 9.17) is 4.74 Å². The number of ether oxygens (including phenoxy) is 1. The molecular formula is C15H16N2O2S. The molecule has 0 radical (unpaired) electrons. The summed E-state index contributed by atoms with van der Waals surface area (Å²) in [7, 11) is 1.64. The van der Waals surface area contributed by atoms with E-state index >= 15 is 0 Å². The normalized spacial score (nSPS) is 12.8. The lowest BCUT2D eigenvalue weighted by Crippen LogP contribution is -2.03. The molecule has 2 heterocycles. The number of rotatable bonds is 4. The highest BCUT2D eigenvalue weighted by atomic mass is 32.1. The summed E-state index contributed by atoms with van der Waals surface area (Å²) in [6, 6.07) is 5.78. The lowest BCUT2D eigenvalue weighted by molar-refractivity contribution is 0.177. The number of aliphatic hydroxyl groups is 1. The van der Waals surface area contributed by atoms with Crippen LogP contribution in [0, 0.1) is 6.92 Å². The Balaban J connectivity index is 1.81. The van der Waals surface area contributed by atoms with E-state index in [1.807, 2.05) is 47.3 Å². The minimum atomic E-state index is -0.575. The van der Waals surface area contributed by atoms with Gasteiger partial charge in [-0.3, -0.25) is 4.40 Å². The SMILES string of the molecule is COc1cc(C(O)Cc2cn3ccsc3n2)ccc1C. The molecule has 1 atom stereocenters. The van der Waals surface area contributed by atoms with Crippen molar-refractivity contribution in [1.29, 1.82) is 0 Å². The minimum absolute atomic E-state index is 0.501. The standard InChI is InChI=1S/C15H16N2O2S/c1-10-3-4-11(7-14(10)19-2)13(18)8-12-9-17-5-6-20-15(17)16-12/h3-7,9,13,18H,8H2,1-2H3.